The van der Waals surface area contributed by atoms with Gasteiger partial charge in [-0.25, -0.2) is 0 Å². The van der Waals surface area contributed by atoms with Gasteiger partial charge in [-0.1, -0.05) is 50.7 Å². The van der Waals surface area contributed by atoms with Gasteiger partial charge in [0.1, 0.15) is 4.83 Å². The van der Waals surface area contributed by atoms with Gasteiger partial charge in [0.25, 0.3) is 0 Å². The fraction of sp³-hybridized carbons (Fsp3) is 0.250. The summed E-state index contributed by atoms with van der Waals surface area (Å²) in [4.78, 5) is -1.88. The lowest BCUT2D eigenvalue weighted by molar-refractivity contribution is -0.128. The van der Waals surface area contributed by atoms with Gasteiger partial charge >= 0.3 is 6.18 Å². The van der Waals surface area contributed by atoms with Crippen LogP contribution in [0.3, 0.4) is 0 Å². The Morgan fingerprint density at radius 1 is 1.13 bits per heavy atom. The highest BCUT2D eigenvalue weighted by molar-refractivity contribution is 9.09. The predicted molar refractivity (Wildman–Crippen MR) is 59.2 cm³/mol. The van der Waals surface area contributed by atoms with Crippen molar-refractivity contribution in [3.63, 3.8) is 0 Å². The first-order chi connectivity index (χ1) is 6.73. The van der Waals surface area contributed by atoms with Crippen molar-refractivity contribution in [3.05, 3.63) is 32.8 Å². The normalized spacial score (nSPS) is 14.1. The van der Waals surface area contributed by atoms with Gasteiger partial charge in [-0.3, -0.25) is 0 Å². The van der Waals surface area contributed by atoms with Crippen LogP contribution in [0.25, 0.3) is 0 Å². The lowest BCUT2D eigenvalue weighted by atomic mass is 10.1. The van der Waals surface area contributed by atoms with Crippen molar-refractivity contribution in [2.24, 2.45) is 0 Å². The number of benzene rings is 1. The maximum absolute atomic E-state index is 12.4. The van der Waals surface area contributed by atoms with Crippen molar-refractivity contribution >= 4 is 50.7 Å². The van der Waals surface area contributed by atoms with Crippen LogP contribution in [0.1, 0.15) is 10.4 Å². The minimum Gasteiger partial charge on any atom is -0.169 e. The molecule has 1 aromatic carbocycles. The van der Waals surface area contributed by atoms with E-state index in [2.05, 4.69) is 15.9 Å². The molecule has 0 spiro atoms. The quantitative estimate of drug-likeness (QED) is 0.457. The molecule has 0 heterocycles. The van der Waals surface area contributed by atoms with E-state index in [1.807, 2.05) is 0 Å². The van der Waals surface area contributed by atoms with E-state index in [0.717, 1.165) is 6.07 Å². The molecule has 7 heteroatoms. The summed E-state index contributed by atoms with van der Waals surface area (Å²) in [5, 5.41) is -0.0544. The summed E-state index contributed by atoms with van der Waals surface area (Å²) in [6.07, 6.45) is -4.45. The number of halogens is 7. The van der Waals surface area contributed by atoms with E-state index in [0.29, 0.717) is 0 Å². The highest BCUT2D eigenvalue weighted by Gasteiger charge is 2.40. The second kappa shape index (κ2) is 4.70. The van der Waals surface area contributed by atoms with E-state index in [9.17, 15) is 13.2 Å². The fourth-order valence-corrected chi connectivity index (χ4v) is 2.16. The Balaban J connectivity index is 3.25. The van der Waals surface area contributed by atoms with Crippen LogP contribution in [0.5, 0.6) is 0 Å². The van der Waals surface area contributed by atoms with Crippen LogP contribution < -0.4 is 0 Å². The number of hydrogen-bond donors (Lipinski definition) is 0. The van der Waals surface area contributed by atoms with E-state index >= 15 is 0 Å². The van der Waals surface area contributed by atoms with Crippen LogP contribution in [-0.4, -0.2) is 6.18 Å². The monoisotopic (exact) mass is 340 g/mol. The van der Waals surface area contributed by atoms with Crippen molar-refractivity contribution < 1.29 is 13.2 Å². The van der Waals surface area contributed by atoms with Gasteiger partial charge in [0.15, 0.2) is 0 Å². The average Bonchev–Trinajstić information content (AvgIpc) is 2.08. The smallest absolute Gasteiger partial charge is 0.169 e. The Kier molecular flexibility index (Phi) is 4.20. The third kappa shape index (κ3) is 3.16. The lowest BCUT2D eigenvalue weighted by Gasteiger charge is -2.16. The summed E-state index contributed by atoms with van der Waals surface area (Å²) in [5.41, 5.74) is -0.193. The first-order valence-electron chi connectivity index (χ1n) is 3.58. The first-order valence-corrected chi connectivity index (χ1v) is 5.63. The van der Waals surface area contributed by atoms with Crippen LogP contribution in [-0.2, 0) is 0 Å². The Morgan fingerprint density at radius 3 is 2.13 bits per heavy atom. The maximum atomic E-state index is 12.4. The van der Waals surface area contributed by atoms with Crippen molar-refractivity contribution in [1.29, 1.82) is 0 Å². The fourth-order valence-electron chi connectivity index (χ4n) is 0.937. The van der Waals surface area contributed by atoms with Gasteiger partial charge in [0.05, 0.1) is 10.0 Å². The average molecular weight is 342 g/mol. The van der Waals surface area contributed by atoms with Crippen LogP contribution in [0.15, 0.2) is 12.1 Å². The lowest BCUT2D eigenvalue weighted by Crippen LogP contribution is -2.15. The van der Waals surface area contributed by atoms with Crippen molar-refractivity contribution in [2.45, 2.75) is 11.0 Å². The maximum Gasteiger partial charge on any atom is 0.405 e. The van der Waals surface area contributed by atoms with Gasteiger partial charge in [0.2, 0.25) is 0 Å². The van der Waals surface area contributed by atoms with Crippen LogP contribution in [0.4, 0.5) is 13.2 Å². The second-order valence-electron chi connectivity index (χ2n) is 2.69. The molecule has 84 valence electrons. The van der Waals surface area contributed by atoms with E-state index in [4.69, 9.17) is 34.8 Å². The highest BCUT2D eigenvalue weighted by atomic mass is 79.9. The molecule has 0 amide bonds. The third-order valence-electron chi connectivity index (χ3n) is 1.58. The highest BCUT2D eigenvalue weighted by Crippen LogP contribution is 2.45. The van der Waals surface area contributed by atoms with E-state index < -0.39 is 11.0 Å². The summed E-state index contributed by atoms with van der Waals surface area (Å²) < 4.78 is 37.2. The summed E-state index contributed by atoms with van der Waals surface area (Å²) in [6.45, 7) is 0. The van der Waals surface area contributed by atoms with Gasteiger partial charge in [-0.15, -0.1) is 0 Å². The van der Waals surface area contributed by atoms with Crippen molar-refractivity contribution in [2.75, 3.05) is 0 Å². The molecule has 0 aliphatic heterocycles. The molecule has 1 aromatic rings. The Labute approximate surface area is 107 Å². The molecule has 1 unspecified atom stereocenters. The third-order valence-corrected chi connectivity index (χ3v) is 3.63. The molecule has 15 heavy (non-hydrogen) atoms. The molecule has 0 radical (unpaired) electrons. The predicted octanol–water partition coefficient (Wildman–Crippen LogP) is 5.65. The van der Waals surface area contributed by atoms with Gasteiger partial charge in [-0.05, 0) is 17.7 Å². The van der Waals surface area contributed by atoms with Crippen LogP contribution >= 0.6 is 50.7 Å². The first kappa shape index (κ1) is 13.4. The Morgan fingerprint density at radius 2 is 1.67 bits per heavy atom. The van der Waals surface area contributed by atoms with Gasteiger partial charge in [0, 0.05) is 5.02 Å². The van der Waals surface area contributed by atoms with Crippen LogP contribution in [0, 0.1) is 0 Å². The van der Waals surface area contributed by atoms with Crippen molar-refractivity contribution in [1.82, 2.24) is 0 Å². The molecule has 0 N–H and O–H groups in total. The molecule has 0 saturated heterocycles. The molecular formula is C8H3BrCl3F3. The van der Waals surface area contributed by atoms with Crippen molar-refractivity contribution in [3.8, 4) is 0 Å². The SMILES string of the molecule is FC(F)(F)C(Br)c1cc(Cl)cc(Cl)c1Cl. The molecule has 0 saturated carbocycles. The largest absolute Gasteiger partial charge is 0.405 e. The zero-order valence-electron chi connectivity index (χ0n) is 6.88. The van der Waals surface area contributed by atoms with Crippen LogP contribution in [0.2, 0.25) is 15.1 Å². The number of rotatable bonds is 1. The number of alkyl halides is 4. The van der Waals surface area contributed by atoms with E-state index in [-0.39, 0.29) is 20.6 Å². The van der Waals surface area contributed by atoms with Gasteiger partial charge in [-0.2, -0.15) is 13.2 Å². The van der Waals surface area contributed by atoms with E-state index in [1.54, 1.807) is 0 Å². The summed E-state index contributed by atoms with van der Waals surface area (Å²) >= 11 is 19.3. The molecule has 0 nitrogen and oxygen atoms in total. The Hall–Kier alpha value is 0.360. The number of hydrogen-bond acceptors (Lipinski definition) is 0. The minimum absolute atomic E-state index is 0.00660. The van der Waals surface area contributed by atoms with E-state index in [1.165, 1.54) is 6.07 Å². The molecule has 0 aliphatic rings. The second-order valence-corrected chi connectivity index (χ2v) is 4.83. The molecule has 0 aromatic heterocycles. The summed E-state index contributed by atoms with van der Waals surface area (Å²) in [6, 6.07) is 2.41. The molecule has 0 bridgehead atoms. The molecule has 1 atom stereocenters. The topological polar surface area (TPSA) is 0 Å². The van der Waals surface area contributed by atoms with Gasteiger partial charge < -0.3 is 0 Å². The standard InChI is InChI=1S/C8H3BrCl3F3/c9-7(8(13,14)15)4-1-3(10)2-5(11)6(4)12/h1-2,7H. The molecule has 1 rings (SSSR count). The molecule has 0 fully saturated rings. The zero-order valence-corrected chi connectivity index (χ0v) is 10.7. The summed E-state index contributed by atoms with van der Waals surface area (Å²) in [7, 11) is 0. The molecule has 0 aliphatic carbocycles. The Bertz CT molecular complexity index is 378. The summed E-state index contributed by atoms with van der Waals surface area (Å²) in [5.74, 6) is 0. The zero-order chi connectivity index (χ0) is 11.8. The molecular weight excluding hydrogens is 339 g/mol. The minimum atomic E-state index is -4.45.